The Labute approximate surface area is 164 Å². The fourth-order valence-electron chi connectivity index (χ4n) is 3.54. The van der Waals surface area contributed by atoms with Gasteiger partial charge in [-0.05, 0) is 61.9 Å². The molecule has 0 unspecified atom stereocenters. The summed E-state index contributed by atoms with van der Waals surface area (Å²) in [6.45, 7) is 7.55. The Bertz CT molecular complexity index is 732. The highest BCUT2D eigenvalue weighted by atomic mass is 19.4. The molecule has 1 aliphatic heterocycles. The lowest BCUT2D eigenvalue weighted by atomic mass is 9.93. The normalized spacial score (nSPS) is 16.1. The second-order valence-electron chi connectivity index (χ2n) is 7.81. The summed E-state index contributed by atoms with van der Waals surface area (Å²) in [7, 11) is 0. The summed E-state index contributed by atoms with van der Waals surface area (Å²) < 4.78 is 43.4. The third-order valence-corrected chi connectivity index (χ3v) is 5.37. The van der Waals surface area contributed by atoms with Crippen molar-refractivity contribution in [2.24, 2.45) is 5.92 Å². The highest BCUT2D eigenvalue weighted by molar-refractivity contribution is 5.48. The first kappa shape index (κ1) is 20.7. The van der Waals surface area contributed by atoms with Gasteiger partial charge in [-0.1, -0.05) is 19.0 Å². The molecule has 1 fully saturated rings. The lowest BCUT2D eigenvalue weighted by molar-refractivity contribution is -0.137. The number of benzene rings is 1. The molecule has 1 aromatic heterocycles. The first-order valence-corrected chi connectivity index (χ1v) is 9.91. The Morgan fingerprint density at radius 1 is 1.18 bits per heavy atom. The van der Waals surface area contributed by atoms with Crippen molar-refractivity contribution in [3.8, 4) is 0 Å². The van der Waals surface area contributed by atoms with Gasteiger partial charge >= 0.3 is 6.18 Å². The lowest BCUT2D eigenvalue weighted by Gasteiger charge is -2.33. The van der Waals surface area contributed by atoms with Gasteiger partial charge in [0.2, 0.25) is 0 Å². The van der Waals surface area contributed by atoms with E-state index in [1.54, 1.807) is 12.1 Å². The zero-order valence-electron chi connectivity index (χ0n) is 16.4. The maximum absolute atomic E-state index is 12.7. The van der Waals surface area contributed by atoms with E-state index in [2.05, 4.69) is 29.2 Å². The van der Waals surface area contributed by atoms with Gasteiger partial charge in [0.1, 0.15) is 0 Å². The number of aromatic nitrogens is 1. The maximum atomic E-state index is 12.7. The van der Waals surface area contributed by atoms with Crippen molar-refractivity contribution in [1.82, 2.24) is 10.5 Å². The van der Waals surface area contributed by atoms with E-state index in [4.69, 9.17) is 4.52 Å². The van der Waals surface area contributed by atoms with Gasteiger partial charge in [0, 0.05) is 24.8 Å². The number of nitrogens with one attached hydrogen (secondary N) is 1. The zero-order valence-corrected chi connectivity index (χ0v) is 16.4. The Balaban J connectivity index is 1.37. The van der Waals surface area contributed by atoms with E-state index in [-0.39, 0.29) is 0 Å². The van der Waals surface area contributed by atoms with Gasteiger partial charge in [0.15, 0.2) is 5.76 Å². The van der Waals surface area contributed by atoms with Crippen LogP contribution < -0.4 is 10.2 Å². The SMILES string of the molecule is CC(C)c1cc(CNCCC2CCN(c3ccc(C(F)(F)F)cc3)CC2)on1. The monoisotopic (exact) mass is 395 g/mol. The Morgan fingerprint density at radius 2 is 1.86 bits per heavy atom. The van der Waals surface area contributed by atoms with Crippen molar-refractivity contribution in [2.75, 3.05) is 24.5 Å². The molecule has 2 aromatic rings. The number of piperidine rings is 1. The summed E-state index contributed by atoms with van der Waals surface area (Å²) in [6.07, 6.45) is -1.07. The van der Waals surface area contributed by atoms with Crippen molar-refractivity contribution < 1.29 is 17.7 Å². The molecule has 0 radical (unpaired) electrons. The van der Waals surface area contributed by atoms with Crippen LogP contribution in [0, 0.1) is 5.92 Å². The van der Waals surface area contributed by atoms with Crippen LogP contribution in [-0.2, 0) is 12.7 Å². The van der Waals surface area contributed by atoms with Crippen molar-refractivity contribution in [3.63, 3.8) is 0 Å². The standard InChI is InChI=1S/C21H28F3N3O/c1-15(2)20-13-19(28-26-20)14-25-10-7-16-8-11-27(12-9-16)18-5-3-17(4-6-18)21(22,23)24/h3-6,13,15-16,25H,7-12,14H2,1-2H3. The van der Waals surface area contributed by atoms with Gasteiger partial charge in [-0.3, -0.25) is 0 Å². The molecule has 4 nitrogen and oxygen atoms in total. The van der Waals surface area contributed by atoms with Gasteiger partial charge in [-0.25, -0.2) is 0 Å². The highest BCUT2D eigenvalue weighted by Crippen LogP contribution is 2.31. The Kier molecular flexibility index (Phi) is 6.65. The van der Waals surface area contributed by atoms with E-state index in [9.17, 15) is 13.2 Å². The van der Waals surface area contributed by atoms with Gasteiger partial charge in [-0.15, -0.1) is 0 Å². The highest BCUT2D eigenvalue weighted by Gasteiger charge is 2.30. The summed E-state index contributed by atoms with van der Waals surface area (Å²) in [4.78, 5) is 2.17. The third-order valence-electron chi connectivity index (χ3n) is 5.37. The molecule has 1 aliphatic rings. The first-order chi connectivity index (χ1) is 13.3. The number of halogens is 3. The number of anilines is 1. The predicted molar refractivity (Wildman–Crippen MR) is 103 cm³/mol. The largest absolute Gasteiger partial charge is 0.416 e. The molecule has 0 saturated carbocycles. The van der Waals surface area contributed by atoms with E-state index >= 15 is 0 Å². The second-order valence-corrected chi connectivity index (χ2v) is 7.81. The van der Waals surface area contributed by atoms with Crippen LogP contribution >= 0.6 is 0 Å². The van der Waals surface area contributed by atoms with E-state index in [0.717, 1.165) is 56.0 Å². The molecular weight excluding hydrogens is 367 g/mol. The minimum Gasteiger partial charge on any atom is -0.372 e. The molecule has 154 valence electrons. The van der Waals surface area contributed by atoms with Crippen LogP contribution in [0.5, 0.6) is 0 Å². The molecule has 0 atom stereocenters. The number of nitrogens with zero attached hydrogens (tertiary/aromatic N) is 2. The molecule has 3 rings (SSSR count). The van der Waals surface area contributed by atoms with Crippen molar-refractivity contribution in [2.45, 2.75) is 51.7 Å². The fraction of sp³-hybridized carbons (Fsp3) is 0.571. The van der Waals surface area contributed by atoms with Crippen LogP contribution in [0.1, 0.15) is 56.0 Å². The van der Waals surface area contributed by atoms with Gasteiger partial charge in [0.05, 0.1) is 17.8 Å². The number of rotatable bonds is 7. The molecule has 1 N–H and O–H groups in total. The van der Waals surface area contributed by atoms with Crippen LogP contribution in [0.15, 0.2) is 34.9 Å². The predicted octanol–water partition coefficient (Wildman–Crippen LogP) is 5.21. The van der Waals surface area contributed by atoms with E-state index in [1.807, 2.05) is 6.07 Å². The summed E-state index contributed by atoms with van der Waals surface area (Å²) in [5.74, 6) is 1.87. The third kappa shape index (κ3) is 5.50. The summed E-state index contributed by atoms with van der Waals surface area (Å²) >= 11 is 0. The van der Waals surface area contributed by atoms with Gasteiger partial charge in [-0.2, -0.15) is 13.2 Å². The average molecular weight is 395 g/mol. The minimum atomic E-state index is -4.28. The fourth-order valence-corrected chi connectivity index (χ4v) is 3.54. The van der Waals surface area contributed by atoms with Crippen LogP contribution in [0.2, 0.25) is 0 Å². The van der Waals surface area contributed by atoms with Crippen LogP contribution in [0.3, 0.4) is 0 Å². The molecule has 1 aromatic carbocycles. The topological polar surface area (TPSA) is 41.3 Å². The molecule has 0 spiro atoms. The van der Waals surface area contributed by atoms with Gasteiger partial charge < -0.3 is 14.7 Å². The van der Waals surface area contributed by atoms with E-state index in [1.165, 1.54) is 12.1 Å². The Hall–Kier alpha value is -2.02. The minimum absolute atomic E-state index is 0.368. The second kappa shape index (κ2) is 8.99. The van der Waals surface area contributed by atoms with Crippen LogP contribution in [-0.4, -0.2) is 24.8 Å². The molecule has 7 heteroatoms. The number of alkyl halides is 3. The number of hydrogen-bond donors (Lipinski definition) is 1. The summed E-state index contributed by atoms with van der Waals surface area (Å²) in [6, 6.07) is 7.49. The quantitative estimate of drug-likeness (QED) is 0.653. The molecule has 0 amide bonds. The summed E-state index contributed by atoms with van der Waals surface area (Å²) in [5.41, 5.74) is 1.26. The van der Waals surface area contributed by atoms with Gasteiger partial charge in [0.25, 0.3) is 0 Å². The maximum Gasteiger partial charge on any atom is 0.416 e. The summed E-state index contributed by atoms with van der Waals surface area (Å²) in [5, 5.41) is 7.47. The molecule has 0 bridgehead atoms. The van der Waals surface area contributed by atoms with Crippen molar-refractivity contribution in [1.29, 1.82) is 0 Å². The molecule has 28 heavy (non-hydrogen) atoms. The molecule has 1 saturated heterocycles. The average Bonchev–Trinajstić information content (AvgIpc) is 3.15. The number of hydrogen-bond acceptors (Lipinski definition) is 4. The smallest absolute Gasteiger partial charge is 0.372 e. The molecular formula is C21H28F3N3O. The zero-order chi connectivity index (χ0) is 20.1. The van der Waals surface area contributed by atoms with Crippen molar-refractivity contribution >= 4 is 5.69 Å². The molecule has 2 heterocycles. The van der Waals surface area contributed by atoms with E-state index in [0.29, 0.717) is 18.4 Å². The van der Waals surface area contributed by atoms with Crippen molar-refractivity contribution in [3.05, 3.63) is 47.3 Å². The Morgan fingerprint density at radius 3 is 2.43 bits per heavy atom. The lowest BCUT2D eigenvalue weighted by Crippen LogP contribution is -2.34. The van der Waals surface area contributed by atoms with Crippen LogP contribution in [0.25, 0.3) is 0 Å². The first-order valence-electron chi connectivity index (χ1n) is 9.91. The van der Waals surface area contributed by atoms with E-state index < -0.39 is 11.7 Å². The molecule has 0 aliphatic carbocycles. The van der Waals surface area contributed by atoms with Crippen LogP contribution in [0.4, 0.5) is 18.9 Å².